The van der Waals surface area contributed by atoms with E-state index < -0.39 is 0 Å². The Morgan fingerprint density at radius 3 is 2.65 bits per heavy atom. The van der Waals surface area contributed by atoms with E-state index in [4.69, 9.17) is 16.6 Å². The summed E-state index contributed by atoms with van der Waals surface area (Å²) in [6.45, 7) is 0.758. The van der Waals surface area contributed by atoms with Gasteiger partial charge >= 0.3 is 0 Å². The van der Waals surface area contributed by atoms with Crippen LogP contribution in [0.4, 0.5) is 5.00 Å². The van der Waals surface area contributed by atoms with Crippen LogP contribution in [0.2, 0.25) is 5.02 Å². The number of carbonyl (C=O) groups excluding carboxylic acids is 1. The van der Waals surface area contributed by atoms with Crippen molar-refractivity contribution < 1.29 is 4.79 Å². The van der Waals surface area contributed by atoms with E-state index in [0.717, 1.165) is 65.2 Å². The molecule has 37 heavy (non-hydrogen) atoms. The van der Waals surface area contributed by atoms with Crippen molar-refractivity contribution in [3.63, 3.8) is 0 Å². The van der Waals surface area contributed by atoms with Crippen LogP contribution in [0.3, 0.4) is 0 Å². The minimum absolute atomic E-state index is 0.0728. The lowest BCUT2D eigenvalue weighted by atomic mass is 9.93. The Morgan fingerprint density at radius 1 is 1.03 bits per heavy atom. The molecule has 2 aliphatic carbocycles. The molecular weight excluding hydrogens is 498 g/mol. The zero-order valence-corrected chi connectivity index (χ0v) is 22.6. The van der Waals surface area contributed by atoms with E-state index in [1.54, 1.807) is 11.3 Å². The molecule has 2 aromatic carbocycles. The van der Waals surface area contributed by atoms with Gasteiger partial charge in [-0.1, -0.05) is 61.2 Å². The van der Waals surface area contributed by atoms with Gasteiger partial charge in [-0.15, -0.1) is 11.3 Å². The molecule has 0 radical (unpaired) electrons. The lowest BCUT2D eigenvalue weighted by Gasteiger charge is -2.23. The highest BCUT2D eigenvalue weighted by Gasteiger charge is 2.27. The lowest BCUT2D eigenvalue weighted by Crippen LogP contribution is -2.36. The molecule has 6 heteroatoms. The van der Waals surface area contributed by atoms with E-state index in [1.807, 2.05) is 18.3 Å². The third-order valence-electron chi connectivity index (χ3n) is 7.73. The molecule has 1 amide bonds. The van der Waals surface area contributed by atoms with Gasteiger partial charge in [-0.05, 0) is 67.9 Å². The smallest absolute Gasteiger partial charge is 0.254 e. The number of fused-ring (bicyclic) bond motifs is 2. The van der Waals surface area contributed by atoms with Crippen molar-refractivity contribution in [2.24, 2.45) is 4.99 Å². The SMILES string of the molecule is O=C(NC1CCCCC1)c1c(N=Cc2cn(Cc3ccc(Cl)cc3)c3ccccc23)sc2c1CCCC2. The largest absolute Gasteiger partial charge is 0.349 e. The summed E-state index contributed by atoms with van der Waals surface area (Å²) in [6, 6.07) is 16.7. The van der Waals surface area contributed by atoms with E-state index in [0.29, 0.717) is 6.04 Å². The van der Waals surface area contributed by atoms with Crippen LogP contribution < -0.4 is 5.32 Å². The molecule has 1 fully saturated rings. The average Bonchev–Trinajstić information content (AvgIpc) is 3.47. The fourth-order valence-corrected chi connectivity index (χ4v) is 7.16. The van der Waals surface area contributed by atoms with E-state index >= 15 is 0 Å². The van der Waals surface area contributed by atoms with E-state index in [1.165, 1.54) is 47.2 Å². The number of amides is 1. The van der Waals surface area contributed by atoms with Crippen LogP contribution in [-0.4, -0.2) is 22.7 Å². The Labute approximate surface area is 227 Å². The number of aliphatic imine (C=N–C) groups is 1. The average molecular weight is 530 g/mol. The summed E-state index contributed by atoms with van der Waals surface area (Å²) < 4.78 is 2.26. The van der Waals surface area contributed by atoms with Crippen molar-refractivity contribution in [3.05, 3.63) is 86.9 Å². The monoisotopic (exact) mass is 529 g/mol. The third-order valence-corrected chi connectivity index (χ3v) is 9.18. The normalized spacial score (nSPS) is 16.4. The van der Waals surface area contributed by atoms with Crippen molar-refractivity contribution in [2.45, 2.75) is 70.4 Å². The number of nitrogens with zero attached hydrogens (tertiary/aromatic N) is 2. The number of aryl methyl sites for hydroxylation is 1. The van der Waals surface area contributed by atoms with Crippen molar-refractivity contribution in [2.75, 3.05) is 0 Å². The summed E-state index contributed by atoms with van der Waals surface area (Å²) in [6.07, 6.45) is 14.4. The minimum Gasteiger partial charge on any atom is -0.349 e. The number of carbonyl (C=O) groups is 1. The first-order chi connectivity index (χ1) is 18.2. The highest BCUT2D eigenvalue weighted by atomic mass is 35.5. The first-order valence-electron chi connectivity index (χ1n) is 13.5. The number of thiophene rings is 1. The molecule has 2 aromatic heterocycles. The molecule has 0 aliphatic heterocycles. The molecule has 1 saturated carbocycles. The molecule has 0 unspecified atom stereocenters. The minimum atomic E-state index is 0.0728. The van der Waals surface area contributed by atoms with Crippen molar-refractivity contribution in [1.82, 2.24) is 9.88 Å². The maximum Gasteiger partial charge on any atom is 0.254 e. The van der Waals surface area contributed by atoms with Gasteiger partial charge in [-0.2, -0.15) is 0 Å². The van der Waals surface area contributed by atoms with Crippen LogP contribution in [0.5, 0.6) is 0 Å². The van der Waals surface area contributed by atoms with Crippen molar-refractivity contribution in [3.8, 4) is 0 Å². The molecule has 0 spiro atoms. The summed E-state index contributed by atoms with van der Waals surface area (Å²) in [4.78, 5) is 19.9. The highest BCUT2D eigenvalue weighted by Crippen LogP contribution is 2.40. The lowest BCUT2D eigenvalue weighted by molar-refractivity contribution is 0.0927. The number of benzene rings is 2. The van der Waals surface area contributed by atoms with Gasteiger partial charge in [-0.25, -0.2) is 4.99 Å². The zero-order valence-electron chi connectivity index (χ0n) is 21.0. The fraction of sp³-hybridized carbons (Fsp3) is 0.355. The Bertz CT molecular complexity index is 1440. The van der Waals surface area contributed by atoms with Crippen LogP contribution in [-0.2, 0) is 19.4 Å². The van der Waals surface area contributed by atoms with Gasteiger partial charge in [0, 0.05) is 51.4 Å². The number of aromatic nitrogens is 1. The van der Waals surface area contributed by atoms with Gasteiger partial charge < -0.3 is 9.88 Å². The van der Waals surface area contributed by atoms with Crippen LogP contribution in [0.1, 0.15) is 76.9 Å². The summed E-state index contributed by atoms with van der Waals surface area (Å²) in [7, 11) is 0. The molecule has 190 valence electrons. The standard InChI is InChI=1S/C31H32ClN3OS/c32-23-16-14-21(15-17-23)19-35-20-22(25-10-4-6-12-27(25)35)18-33-31-29(26-11-5-7-13-28(26)37-31)30(36)34-24-8-2-1-3-9-24/h4,6,10,12,14-18,20,24H,1-3,5,7-9,11,13,19H2,(H,34,36). The fourth-order valence-electron chi connectivity index (χ4n) is 5.80. The van der Waals surface area contributed by atoms with Gasteiger partial charge in [0.15, 0.2) is 0 Å². The van der Waals surface area contributed by atoms with Gasteiger partial charge in [0.05, 0.1) is 5.56 Å². The summed E-state index contributed by atoms with van der Waals surface area (Å²) in [5.41, 5.74) is 5.49. The number of rotatable bonds is 6. The molecule has 4 nitrogen and oxygen atoms in total. The van der Waals surface area contributed by atoms with Crippen LogP contribution in [0.15, 0.2) is 59.7 Å². The van der Waals surface area contributed by atoms with Crippen LogP contribution in [0.25, 0.3) is 10.9 Å². The first-order valence-corrected chi connectivity index (χ1v) is 14.7. The number of para-hydroxylation sites is 1. The summed E-state index contributed by atoms with van der Waals surface area (Å²) in [5.74, 6) is 0.0728. The Balaban J connectivity index is 1.33. The maximum atomic E-state index is 13.5. The summed E-state index contributed by atoms with van der Waals surface area (Å²) >= 11 is 7.80. The number of halogens is 1. The van der Waals surface area contributed by atoms with Crippen molar-refractivity contribution >= 4 is 51.0 Å². The van der Waals surface area contributed by atoms with E-state index in [9.17, 15) is 4.79 Å². The van der Waals surface area contributed by atoms with E-state index in [-0.39, 0.29) is 5.91 Å². The maximum absolute atomic E-state index is 13.5. The number of hydrogen-bond donors (Lipinski definition) is 1. The summed E-state index contributed by atoms with van der Waals surface area (Å²) in [5, 5.41) is 6.12. The molecule has 1 N–H and O–H groups in total. The third kappa shape index (κ3) is 5.25. The second-order valence-corrected chi connectivity index (χ2v) is 11.8. The quantitative estimate of drug-likeness (QED) is 0.252. The second kappa shape index (κ2) is 10.8. The van der Waals surface area contributed by atoms with E-state index in [2.05, 4.69) is 52.5 Å². The van der Waals surface area contributed by atoms with Crippen molar-refractivity contribution in [1.29, 1.82) is 0 Å². The predicted molar refractivity (Wildman–Crippen MR) is 155 cm³/mol. The Hall–Kier alpha value is -2.89. The van der Waals surface area contributed by atoms with Gasteiger partial charge in [0.2, 0.25) is 0 Å². The molecule has 0 saturated heterocycles. The Morgan fingerprint density at radius 2 is 1.81 bits per heavy atom. The molecule has 2 heterocycles. The number of hydrogen-bond acceptors (Lipinski definition) is 3. The first kappa shape index (κ1) is 24.4. The van der Waals surface area contributed by atoms with Gasteiger partial charge in [-0.3, -0.25) is 4.79 Å². The molecule has 0 bridgehead atoms. The molecule has 6 rings (SSSR count). The molecule has 2 aliphatic rings. The van der Waals surface area contributed by atoms with Gasteiger partial charge in [0.25, 0.3) is 5.91 Å². The van der Waals surface area contributed by atoms with Gasteiger partial charge in [0.1, 0.15) is 5.00 Å². The molecule has 4 aromatic rings. The van der Waals surface area contributed by atoms with Crippen LogP contribution >= 0.6 is 22.9 Å². The molecule has 0 atom stereocenters. The number of nitrogens with one attached hydrogen (secondary N) is 1. The highest BCUT2D eigenvalue weighted by molar-refractivity contribution is 7.16. The second-order valence-electron chi connectivity index (χ2n) is 10.3. The van der Waals surface area contributed by atoms with Crippen LogP contribution in [0, 0.1) is 0 Å². The predicted octanol–water partition coefficient (Wildman–Crippen LogP) is 8.10. The molecular formula is C31H32ClN3OS. The zero-order chi connectivity index (χ0) is 25.2. The Kier molecular flexibility index (Phi) is 7.16. The topological polar surface area (TPSA) is 46.4 Å².